The fourth-order valence-corrected chi connectivity index (χ4v) is 4.14. The van der Waals surface area contributed by atoms with Gasteiger partial charge in [-0.2, -0.15) is 5.10 Å². The van der Waals surface area contributed by atoms with Crippen LogP contribution in [0.4, 0.5) is 0 Å². The highest BCUT2D eigenvalue weighted by atomic mass is 16.4. The monoisotopic (exact) mass is 348 g/mol. The number of rotatable bonds is 4. The maximum Gasteiger partial charge on any atom is 0.309 e. The molecule has 2 aliphatic rings. The van der Waals surface area contributed by atoms with Gasteiger partial charge in [0.1, 0.15) is 0 Å². The summed E-state index contributed by atoms with van der Waals surface area (Å²) in [4.78, 5) is 39.4. The van der Waals surface area contributed by atoms with Gasteiger partial charge in [-0.3, -0.25) is 19.1 Å². The lowest BCUT2D eigenvalue weighted by molar-refractivity contribution is -0.147. The summed E-state index contributed by atoms with van der Waals surface area (Å²) in [6.07, 6.45) is 5.81. The molecule has 1 aromatic heterocycles. The standard InChI is InChI=1S/C17H24N4O4/c1-19-11-12(10-18-19)3-4-14(22)21-7-5-17(6-8-21)13(16(24)25)9-15(23)20(17)2/h10-11,13H,3-9H2,1-2H3,(H,24,25). The molecule has 2 fully saturated rings. The van der Waals surface area contributed by atoms with Crippen LogP contribution in [0.5, 0.6) is 0 Å². The fourth-order valence-electron chi connectivity index (χ4n) is 4.14. The van der Waals surface area contributed by atoms with E-state index in [2.05, 4.69) is 5.10 Å². The Morgan fingerprint density at radius 1 is 1.32 bits per heavy atom. The summed E-state index contributed by atoms with van der Waals surface area (Å²) in [6, 6.07) is 0. The Morgan fingerprint density at radius 2 is 2.00 bits per heavy atom. The average molecular weight is 348 g/mol. The van der Waals surface area contributed by atoms with Crippen LogP contribution in [0.2, 0.25) is 0 Å². The van der Waals surface area contributed by atoms with E-state index < -0.39 is 17.4 Å². The van der Waals surface area contributed by atoms with E-state index in [9.17, 15) is 19.5 Å². The average Bonchev–Trinajstić information content (AvgIpc) is 3.10. The molecule has 3 rings (SSSR count). The number of aryl methyl sites for hydroxylation is 2. The summed E-state index contributed by atoms with van der Waals surface area (Å²) < 4.78 is 1.71. The molecule has 0 bridgehead atoms. The molecule has 1 spiro atoms. The zero-order valence-corrected chi connectivity index (χ0v) is 14.6. The third-order valence-electron chi connectivity index (χ3n) is 5.74. The molecule has 2 aliphatic heterocycles. The summed E-state index contributed by atoms with van der Waals surface area (Å²) in [5.74, 6) is -1.66. The number of hydrogen-bond acceptors (Lipinski definition) is 4. The second-order valence-electron chi connectivity index (χ2n) is 7.05. The van der Waals surface area contributed by atoms with Crippen molar-refractivity contribution >= 4 is 17.8 Å². The third-order valence-corrected chi connectivity index (χ3v) is 5.74. The number of likely N-dealkylation sites (tertiary alicyclic amines) is 2. The SMILES string of the molecule is CN1C(=O)CC(C(=O)O)C12CCN(C(=O)CCc1cnn(C)c1)CC2. The Morgan fingerprint density at radius 3 is 2.56 bits per heavy atom. The van der Waals surface area contributed by atoms with E-state index in [-0.39, 0.29) is 18.2 Å². The van der Waals surface area contributed by atoms with Gasteiger partial charge in [-0.1, -0.05) is 0 Å². The van der Waals surface area contributed by atoms with Gasteiger partial charge in [0, 0.05) is 46.2 Å². The number of carboxylic acids is 1. The molecule has 0 radical (unpaired) electrons. The van der Waals surface area contributed by atoms with Gasteiger partial charge in [-0.15, -0.1) is 0 Å². The second-order valence-corrected chi connectivity index (χ2v) is 7.05. The number of aliphatic carboxylic acids is 1. The molecular formula is C17H24N4O4. The number of hydrogen-bond donors (Lipinski definition) is 1. The fraction of sp³-hybridized carbons (Fsp3) is 0.647. The highest BCUT2D eigenvalue weighted by Gasteiger charge is 2.55. The number of aromatic nitrogens is 2. The number of nitrogens with zero attached hydrogens (tertiary/aromatic N) is 4. The molecule has 25 heavy (non-hydrogen) atoms. The smallest absolute Gasteiger partial charge is 0.309 e. The zero-order valence-electron chi connectivity index (χ0n) is 14.6. The molecule has 2 amide bonds. The second kappa shape index (κ2) is 6.50. The minimum absolute atomic E-state index is 0.0563. The summed E-state index contributed by atoms with van der Waals surface area (Å²) >= 11 is 0. The molecule has 1 atom stereocenters. The van der Waals surface area contributed by atoms with E-state index in [1.807, 2.05) is 13.2 Å². The number of carboxylic acid groups (broad SMARTS) is 1. The Hall–Kier alpha value is -2.38. The van der Waals surface area contributed by atoms with Gasteiger partial charge in [0.2, 0.25) is 11.8 Å². The molecule has 1 N–H and O–H groups in total. The van der Waals surface area contributed by atoms with Crippen LogP contribution in [0.25, 0.3) is 0 Å². The molecule has 8 nitrogen and oxygen atoms in total. The first-order valence-electron chi connectivity index (χ1n) is 8.58. The van der Waals surface area contributed by atoms with E-state index in [0.717, 1.165) is 5.56 Å². The van der Waals surface area contributed by atoms with E-state index in [1.54, 1.807) is 27.7 Å². The van der Waals surface area contributed by atoms with Crippen molar-refractivity contribution in [3.63, 3.8) is 0 Å². The Balaban J connectivity index is 1.60. The van der Waals surface area contributed by atoms with Gasteiger partial charge in [0.05, 0.1) is 17.7 Å². The highest BCUT2D eigenvalue weighted by Crippen LogP contribution is 2.42. The first-order valence-corrected chi connectivity index (χ1v) is 8.58. The van der Waals surface area contributed by atoms with Crippen LogP contribution >= 0.6 is 0 Å². The molecule has 0 saturated carbocycles. The van der Waals surface area contributed by atoms with Gasteiger partial charge < -0.3 is 14.9 Å². The molecule has 3 heterocycles. The van der Waals surface area contributed by atoms with Crippen molar-refractivity contribution in [3.05, 3.63) is 18.0 Å². The lowest BCUT2D eigenvalue weighted by atomic mass is 9.77. The molecule has 1 unspecified atom stereocenters. The highest BCUT2D eigenvalue weighted by molar-refractivity contribution is 5.88. The predicted molar refractivity (Wildman–Crippen MR) is 88.6 cm³/mol. The number of carbonyl (C=O) groups excluding carboxylic acids is 2. The van der Waals surface area contributed by atoms with Gasteiger partial charge in [-0.25, -0.2) is 0 Å². The van der Waals surface area contributed by atoms with Gasteiger partial charge in [0.25, 0.3) is 0 Å². The molecule has 136 valence electrons. The van der Waals surface area contributed by atoms with Gasteiger partial charge >= 0.3 is 5.97 Å². The minimum Gasteiger partial charge on any atom is -0.481 e. The van der Waals surface area contributed by atoms with Gasteiger partial charge in [0.15, 0.2) is 0 Å². The van der Waals surface area contributed by atoms with Gasteiger partial charge in [-0.05, 0) is 24.8 Å². The summed E-state index contributed by atoms with van der Waals surface area (Å²) in [5, 5.41) is 13.6. The van der Waals surface area contributed by atoms with E-state index >= 15 is 0 Å². The topological polar surface area (TPSA) is 95.7 Å². The maximum atomic E-state index is 12.4. The van der Waals surface area contributed by atoms with E-state index in [1.165, 1.54) is 0 Å². The summed E-state index contributed by atoms with van der Waals surface area (Å²) in [7, 11) is 3.53. The van der Waals surface area contributed by atoms with Crippen LogP contribution in [0.3, 0.4) is 0 Å². The number of piperidine rings is 1. The van der Waals surface area contributed by atoms with Crippen LogP contribution in [0.15, 0.2) is 12.4 Å². The molecule has 8 heteroatoms. The van der Waals surface area contributed by atoms with Crippen LogP contribution in [0, 0.1) is 5.92 Å². The normalized spacial score (nSPS) is 22.6. The lowest BCUT2D eigenvalue weighted by Crippen LogP contribution is -2.56. The van der Waals surface area contributed by atoms with Crippen molar-refractivity contribution in [1.29, 1.82) is 0 Å². The van der Waals surface area contributed by atoms with Crippen molar-refractivity contribution in [3.8, 4) is 0 Å². The number of amides is 2. The van der Waals surface area contributed by atoms with Crippen molar-refractivity contribution in [2.24, 2.45) is 13.0 Å². The van der Waals surface area contributed by atoms with Crippen molar-refractivity contribution in [2.75, 3.05) is 20.1 Å². The lowest BCUT2D eigenvalue weighted by Gasteiger charge is -2.45. The largest absolute Gasteiger partial charge is 0.481 e. The number of carbonyl (C=O) groups is 3. The van der Waals surface area contributed by atoms with Crippen molar-refractivity contribution in [2.45, 2.75) is 37.6 Å². The Bertz CT molecular complexity index is 691. The molecule has 2 saturated heterocycles. The molecule has 1 aromatic rings. The molecular weight excluding hydrogens is 324 g/mol. The van der Waals surface area contributed by atoms with Crippen LogP contribution < -0.4 is 0 Å². The third kappa shape index (κ3) is 3.12. The quantitative estimate of drug-likeness (QED) is 0.843. The van der Waals surface area contributed by atoms with E-state index in [0.29, 0.717) is 38.8 Å². The minimum atomic E-state index is -0.922. The van der Waals surface area contributed by atoms with Crippen LogP contribution in [-0.2, 0) is 27.9 Å². The van der Waals surface area contributed by atoms with Crippen molar-refractivity contribution in [1.82, 2.24) is 19.6 Å². The Labute approximate surface area is 146 Å². The first-order chi connectivity index (χ1) is 11.8. The summed E-state index contributed by atoms with van der Waals surface area (Å²) in [6.45, 7) is 0.987. The summed E-state index contributed by atoms with van der Waals surface area (Å²) in [5.41, 5.74) is 0.375. The van der Waals surface area contributed by atoms with E-state index in [4.69, 9.17) is 0 Å². The first kappa shape index (κ1) is 17.4. The van der Waals surface area contributed by atoms with Crippen LogP contribution in [0.1, 0.15) is 31.2 Å². The van der Waals surface area contributed by atoms with Crippen molar-refractivity contribution < 1.29 is 19.5 Å². The predicted octanol–water partition coefficient (Wildman–Crippen LogP) is 0.277. The maximum absolute atomic E-state index is 12.4. The molecule has 0 aromatic carbocycles. The Kier molecular flexibility index (Phi) is 4.53. The zero-order chi connectivity index (χ0) is 18.2. The molecule has 0 aliphatic carbocycles. The van der Waals surface area contributed by atoms with Crippen LogP contribution in [-0.4, -0.2) is 68.1 Å².